The lowest BCUT2D eigenvalue weighted by Crippen LogP contribution is -2.29. The molecule has 1 fully saturated rings. The molecule has 0 spiro atoms. The fourth-order valence-electron chi connectivity index (χ4n) is 2.90. The lowest BCUT2D eigenvalue weighted by molar-refractivity contribution is 0.402. The van der Waals surface area contributed by atoms with Crippen LogP contribution in [0.4, 0.5) is 0 Å². The van der Waals surface area contributed by atoms with Crippen molar-refractivity contribution in [1.82, 2.24) is 5.32 Å². The molecular formula is C15H22BrN. The Morgan fingerprint density at radius 2 is 2.12 bits per heavy atom. The van der Waals surface area contributed by atoms with E-state index in [2.05, 4.69) is 52.6 Å². The Bertz CT molecular complexity index is 345. The van der Waals surface area contributed by atoms with Crippen molar-refractivity contribution in [3.8, 4) is 0 Å². The molecule has 1 aromatic rings. The van der Waals surface area contributed by atoms with Crippen molar-refractivity contribution in [3.05, 3.63) is 34.3 Å². The average Bonchev–Trinajstić information content (AvgIpc) is 2.81. The molecule has 1 nitrogen and oxygen atoms in total. The zero-order chi connectivity index (χ0) is 12.1. The zero-order valence-electron chi connectivity index (χ0n) is 10.6. The van der Waals surface area contributed by atoms with Gasteiger partial charge in [0.15, 0.2) is 0 Å². The van der Waals surface area contributed by atoms with Crippen LogP contribution in [0.25, 0.3) is 0 Å². The van der Waals surface area contributed by atoms with Gasteiger partial charge in [0.1, 0.15) is 0 Å². The Hall–Kier alpha value is -0.340. The van der Waals surface area contributed by atoms with Gasteiger partial charge in [-0.15, -0.1) is 0 Å². The summed E-state index contributed by atoms with van der Waals surface area (Å²) in [5.74, 6) is 0.958. The molecule has 1 aliphatic carbocycles. The average molecular weight is 296 g/mol. The van der Waals surface area contributed by atoms with Crippen LogP contribution in [-0.4, -0.2) is 13.1 Å². The SMILES string of the molecule is CNC(Cc1cccc(Br)c1)CC1CCCC1. The van der Waals surface area contributed by atoms with E-state index in [1.54, 1.807) is 0 Å². The van der Waals surface area contributed by atoms with Crippen molar-refractivity contribution in [3.63, 3.8) is 0 Å². The number of benzene rings is 1. The summed E-state index contributed by atoms with van der Waals surface area (Å²) in [6, 6.07) is 9.31. The largest absolute Gasteiger partial charge is 0.317 e. The van der Waals surface area contributed by atoms with Crippen LogP contribution >= 0.6 is 15.9 Å². The molecule has 2 heteroatoms. The van der Waals surface area contributed by atoms with E-state index >= 15 is 0 Å². The van der Waals surface area contributed by atoms with E-state index < -0.39 is 0 Å². The van der Waals surface area contributed by atoms with Gasteiger partial charge in [0, 0.05) is 10.5 Å². The van der Waals surface area contributed by atoms with E-state index in [-0.39, 0.29) is 0 Å². The molecule has 1 N–H and O–H groups in total. The Morgan fingerprint density at radius 3 is 2.76 bits per heavy atom. The van der Waals surface area contributed by atoms with Crippen LogP contribution < -0.4 is 5.32 Å². The van der Waals surface area contributed by atoms with Crippen LogP contribution in [0.2, 0.25) is 0 Å². The smallest absolute Gasteiger partial charge is 0.0178 e. The van der Waals surface area contributed by atoms with Gasteiger partial charge in [0.05, 0.1) is 0 Å². The number of hydrogen-bond acceptors (Lipinski definition) is 1. The maximum Gasteiger partial charge on any atom is 0.0178 e. The van der Waals surface area contributed by atoms with Gasteiger partial charge in [-0.25, -0.2) is 0 Å². The standard InChI is InChI=1S/C15H22BrN/c1-17-15(10-12-5-2-3-6-12)11-13-7-4-8-14(16)9-13/h4,7-9,12,15,17H,2-3,5-6,10-11H2,1H3. The quantitative estimate of drug-likeness (QED) is 0.860. The molecule has 0 aromatic heterocycles. The van der Waals surface area contributed by atoms with E-state index in [9.17, 15) is 0 Å². The first-order chi connectivity index (χ1) is 8.28. The minimum Gasteiger partial charge on any atom is -0.317 e. The molecule has 94 valence electrons. The summed E-state index contributed by atoms with van der Waals surface area (Å²) in [7, 11) is 2.09. The Balaban J connectivity index is 1.90. The lowest BCUT2D eigenvalue weighted by atomic mass is 9.94. The third kappa shape index (κ3) is 4.11. The highest BCUT2D eigenvalue weighted by Crippen LogP contribution is 2.29. The highest BCUT2D eigenvalue weighted by atomic mass is 79.9. The van der Waals surface area contributed by atoms with Gasteiger partial charge in [-0.3, -0.25) is 0 Å². The van der Waals surface area contributed by atoms with Crippen molar-refractivity contribution < 1.29 is 0 Å². The molecule has 1 saturated carbocycles. The van der Waals surface area contributed by atoms with E-state index in [4.69, 9.17) is 0 Å². The Labute approximate surface area is 113 Å². The Kier molecular flexibility index (Phi) is 5.05. The molecule has 0 aliphatic heterocycles. The first kappa shape index (κ1) is 13.1. The summed E-state index contributed by atoms with van der Waals surface area (Å²) < 4.78 is 1.19. The molecule has 0 heterocycles. The molecule has 1 unspecified atom stereocenters. The summed E-state index contributed by atoms with van der Waals surface area (Å²) in [6.07, 6.45) is 8.25. The van der Waals surface area contributed by atoms with E-state index in [1.165, 1.54) is 42.1 Å². The fraction of sp³-hybridized carbons (Fsp3) is 0.600. The highest BCUT2D eigenvalue weighted by Gasteiger charge is 2.19. The van der Waals surface area contributed by atoms with E-state index in [0.29, 0.717) is 6.04 Å². The van der Waals surface area contributed by atoms with Gasteiger partial charge in [0.25, 0.3) is 0 Å². The molecule has 0 bridgehead atoms. The highest BCUT2D eigenvalue weighted by molar-refractivity contribution is 9.10. The van der Waals surface area contributed by atoms with Gasteiger partial charge >= 0.3 is 0 Å². The molecule has 1 aromatic carbocycles. The predicted octanol–water partition coefficient (Wildman–Crippen LogP) is 4.16. The number of rotatable bonds is 5. The van der Waals surface area contributed by atoms with Gasteiger partial charge in [-0.05, 0) is 43.5 Å². The molecule has 0 radical (unpaired) electrons. The maximum atomic E-state index is 3.54. The second-order valence-corrected chi connectivity index (χ2v) is 6.12. The first-order valence-corrected chi connectivity index (χ1v) is 7.49. The first-order valence-electron chi connectivity index (χ1n) is 6.69. The van der Waals surface area contributed by atoms with Crippen molar-refractivity contribution in [2.75, 3.05) is 7.05 Å². The molecular weight excluding hydrogens is 274 g/mol. The van der Waals surface area contributed by atoms with Crippen LogP contribution in [0.5, 0.6) is 0 Å². The van der Waals surface area contributed by atoms with Gasteiger partial charge in [0.2, 0.25) is 0 Å². The topological polar surface area (TPSA) is 12.0 Å². The van der Waals surface area contributed by atoms with E-state index in [0.717, 1.165) is 12.3 Å². The second-order valence-electron chi connectivity index (χ2n) is 5.21. The summed E-state index contributed by atoms with van der Waals surface area (Å²) in [4.78, 5) is 0. The second kappa shape index (κ2) is 6.55. The van der Waals surface area contributed by atoms with Crippen molar-refractivity contribution in [2.24, 2.45) is 5.92 Å². The van der Waals surface area contributed by atoms with Crippen molar-refractivity contribution in [2.45, 2.75) is 44.6 Å². The summed E-state index contributed by atoms with van der Waals surface area (Å²) in [5.41, 5.74) is 1.43. The maximum absolute atomic E-state index is 3.54. The predicted molar refractivity (Wildman–Crippen MR) is 77.3 cm³/mol. The molecule has 0 saturated heterocycles. The fourth-order valence-corrected chi connectivity index (χ4v) is 3.35. The molecule has 0 amide bonds. The van der Waals surface area contributed by atoms with Crippen molar-refractivity contribution in [1.29, 1.82) is 0 Å². The summed E-state index contributed by atoms with van der Waals surface area (Å²) in [5, 5.41) is 3.48. The molecule has 17 heavy (non-hydrogen) atoms. The number of likely N-dealkylation sites (N-methyl/N-ethyl adjacent to an activating group) is 1. The normalized spacial score (nSPS) is 18.5. The number of nitrogens with one attached hydrogen (secondary N) is 1. The van der Waals surface area contributed by atoms with Crippen LogP contribution in [-0.2, 0) is 6.42 Å². The van der Waals surface area contributed by atoms with Gasteiger partial charge in [-0.1, -0.05) is 53.7 Å². The third-order valence-corrected chi connectivity index (χ3v) is 4.37. The lowest BCUT2D eigenvalue weighted by Gasteiger charge is -2.20. The summed E-state index contributed by atoms with van der Waals surface area (Å²) in [6.45, 7) is 0. The summed E-state index contributed by atoms with van der Waals surface area (Å²) >= 11 is 3.54. The van der Waals surface area contributed by atoms with E-state index in [1.807, 2.05) is 0 Å². The minimum absolute atomic E-state index is 0.632. The molecule has 2 rings (SSSR count). The third-order valence-electron chi connectivity index (χ3n) is 3.87. The zero-order valence-corrected chi connectivity index (χ0v) is 12.2. The molecule has 1 aliphatic rings. The van der Waals surface area contributed by atoms with Crippen molar-refractivity contribution >= 4 is 15.9 Å². The van der Waals surface area contributed by atoms with Gasteiger partial charge < -0.3 is 5.32 Å². The van der Waals surface area contributed by atoms with Crippen LogP contribution in [0.15, 0.2) is 28.7 Å². The van der Waals surface area contributed by atoms with Crippen LogP contribution in [0, 0.1) is 5.92 Å². The minimum atomic E-state index is 0.632. The monoisotopic (exact) mass is 295 g/mol. The van der Waals surface area contributed by atoms with Crippen LogP contribution in [0.1, 0.15) is 37.7 Å². The molecule has 1 atom stereocenters. The number of halogens is 1. The van der Waals surface area contributed by atoms with Crippen LogP contribution in [0.3, 0.4) is 0 Å². The number of hydrogen-bond donors (Lipinski definition) is 1. The van der Waals surface area contributed by atoms with Gasteiger partial charge in [-0.2, -0.15) is 0 Å². The Morgan fingerprint density at radius 1 is 1.35 bits per heavy atom.